The van der Waals surface area contributed by atoms with Gasteiger partial charge in [0.2, 0.25) is 0 Å². The zero-order chi connectivity index (χ0) is 17.5. The monoisotopic (exact) mass is 341 g/mol. The predicted octanol–water partition coefficient (Wildman–Crippen LogP) is 2.35. The van der Waals surface area contributed by atoms with Crippen LogP contribution in [0.3, 0.4) is 0 Å². The first kappa shape index (κ1) is 16.9. The lowest BCUT2D eigenvalue weighted by atomic mass is 10.1. The van der Waals surface area contributed by atoms with E-state index in [0.717, 1.165) is 12.8 Å². The Bertz CT molecular complexity index is 699. The topological polar surface area (TPSA) is 118 Å². The molecule has 1 amide bonds. The zero-order valence-corrected chi connectivity index (χ0v) is 14.0. The van der Waals surface area contributed by atoms with Crippen molar-refractivity contribution in [3.05, 3.63) is 36.4 Å². The molecule has 0 aliphatic heterocycles. The van der Waals surface area contributed by atoms with Crippen molar-refractivity contribution >= 4 is 23.2 Å². The summed E-state index contributed by atoms with van der Waals surface area (Å²) >= 11 is 0. The predicted molar refractivity (Wildman–Crippen MR) is 96.9 cm³/mol. The van der Waals surface area contributed by atoms with E-state index in [1.807, 2.05) is 0 Å². The van der Waals surface area contributed by atoms with Crippen LogP contribution in [0.5, 0.6) is 0 Å². The quantitative estimate of drug-likeness (QED) is 0.487. The minimum atomic E-state index is -0.315. The van der Waals surface area contributed by atoms with Crippen molar-refractivity contribution in [2.24, 2.45) is 0 Å². The van der Waals surface area contributed by atoms with E-state index in [1.165, 1.54) is 38.2 Å². The summed E-state index contributed by atoms with van der Waals surface area (Å²) in [7, 11) is 0. The van der Waals surface area contributed by atoms with Crippen LogP contribution in [0.4, 0.5) is 17.3 Å². The Hall–Kier alpha value is -2.90. The molecule has 5 N–H and O–H groups in total. The van der Waals surface area contributed by atoms with Crippen molar-refractivity contribution in [1.29, 1.82) is 0 Å². The molecular formula is C17H23N7O. The van der Waals surface area contributed by atoms with E-state index >= 15 is 0 Å². The lowest BCUT2D eigenvalue weighted by Crippen LogP contribution is -2.30. The first-order chi connectivity index (χ1) is 12.2. The Kier molecular flexibility index (Phi) is 5.61. The lowest BCUT2D eigenvalue weighted by molar-refractivity contribution is 0.0962. The van der Waals surface area contributed by atoms with E-state index in [9.17, 15) is 4.79 Å². The number of hydrogen-bond acceptors (Lipinski definition) is 7. The lowest BCUT2D eigenvalue weighted by Gasteiger charge is -2.19. The fourth-order valence-corrected chi connectivity index (χ4v) is 2.91. The van der Waals surface area contributed by atoms with Crippen molar-refractivity contribution in [2.75, 3.05) is 16.5 Å². The van der Waals surface area contributed by atoms with Gasteiger partial charge in [0.1, 0.15) is 12.0 Å². The minimum Gasteiger partial charge on any atom is -0.393 e. The molecule has 2 aromatic rings. The van der Waals surface area contributed by atoms with E-state index in [4.69, 9.17) is 5.73 Å². The Morgan fingerprint density at radius 1 is 1.12 bits per heavy atom. The van der Waals surface area contributed by atoms with Crippen molar-refractivity contribution in [3.8, 4) is 0 Å². The summed E-state index contributed by atoms with van der Waals surface area (Å²) in [4.78, 5) is 24.3. The normalized spacial score (nSPS) is 15.2. The van der Waals surface area contributed by atoms with Gasteiger partial charge in [0.15, 0.2) is 11.6 Å². The number of carbonyl (C=O) groups is 1. The summed E-state index contributed by atoms with van der Waals surface area (Å²) in [6, 6.07) is 3.74. The van der Waals surface area contributed by atoms with E-state index in [-0.39, 0.29) is 5.91 Å². The smallest absolute Gasteiger partial charge is 0.271 e. The van der Waals surface area contributed by atoms with Gasteiger partial charge < -0.3 is 11.1 Å². The van der Waals surface area contributed by atoms with Crippen LogP contribution in [-0.4, -0.2) is 26.9 Å². The van der Waals surface area contributed by atoms with Crippen LogP contribution in [0.2, 0.25) is 0 Å². The number of anilines is 3. The third kappa shape index (κ3) is 4.56. The highest BCUT2D eigenvalue weighted by molar-refractivity contribution is 5.94. The molecule has 0 spiro atoms. The third-order valence-corrected chi connectivity index (χ3v) is 4.30. The van der Waals surface area contributed by atoms with Gasteiger partial charge in [-0.1, -0.05) is 25.7 Å². The zero-order valence-electron chi connectivity index (χ0n) is 14.0. The molecule has 0 saturated heterocycles. The van der Waals surface area contributed by atoms with Gasteiger partial charge in [-0.25, -0.2) is 9.97 Å². The Balaban J connectivity index is 1.63. The van der Waals surface area contributed by atoms with E-state index < -0.39 is 0 Å². The maximum Gasteiger partial charge on any atom is 0.271 e. The fourth-order valence-electron chi connectivity index (χ4n) is 2.91. The largest absolute Gasteiger partial charge is 0.393 e. The number of nitrogens with two attached hydrogens (primary N) is 1. The van der Waals surface area contributed by atoms with E-state index in [0.29, 0.717) is 28.9 Å². The summed E-state index contributed by atoms with van der Waals surface area (Å²) in [6.07, 6.45) is 11.7. The average Bonchev–Trinajstić information content (AvgIpc) is 2.91. The third-order valence-electron chi connectivity index (χ3n) is 4.30. The highest BCUT2D eigenvalue weighted by atomic mass is 16.2. The van der Waals surface area contributed by atoms with Gasteiger partial charge in [-0.2, -0.15) is 0 Å². The van der Waals surface area contributed by atoms with Gasteiger partial charge in [0.25, 0.3) is 5.91 Å². The van der Waals surface area contributed by atoms with Gasteiger partial charge in [0, 0.05) is 18.4 Å². The van der Waals surface area contributed by atoms with E-state index in [2.05, 4.69) is 31.1 Å². The summed E-state index contributed by atoms with van der Waals surface area (Å²) in [5, 5.41) is 3.41. The molecule has 25 heavy (non-hydrogen) atoms. The van der Waals surface area contributed by atoms with E-state index in [1.54, 1.807) is 18.3 Å². The van der Waals surface area contributed by atoms with Gasteiger partial charge in [-0.05, 0) is 25.0 Å². The number of hydrogen-bond donors (Lipinski definition) is 4. The molecule has 1 saturated carbocycles. The molecular weight excluding hydrogens is 318 g/mol. The molecule has 2 heterocycles. The van der Waals surface area contributed by atoms with Gasteiger partial charge in [-0.3, -0.25) is 20.6 Å². The first-order valence-electron chi connectivity index (χ1n) is 8.57. The highest BCUT2D eigenvalue weighted by Gasteiger charge is 2.16. The second-order valence-corrected chi connectivity index (χ2v) is 6.14. The van der Waals surface area contributed by atoms with Crippen LogP contribution in [0.25, 0.3) is 0 Å². The summed E-state index contributed by atoms with van der Waals surface area (Å²) in [5.41, 5.74) is 12.3. The number of nitrogens with one attached hydrogen (secondary N) is 3. The molecule has 0 radical (unpaired) electrons. The molecule has 1 aliphatic carbocycles. The molecule has 0 bridgehead atoms. The molecule has 1 fully saturated rings. The van der Waals surface area contributed by atoms with Crippen LogP contribution in [0, 0.1) is 0 Å². The summed E-state index contributed by atoms with van der Waals surface area (Å²) < 4.78 is 0. The van der Waals surface area contributed by atoms with Crippen molar-refractivity contribution < 1.29 is 4.79 Å². The maximum atomic E-state index is 12.1. The van der Waals surface area contributed by atoms with Crippen LogP contribution >= 0.6 is 0 Å². The van der Waals surface area contributed by atoms with Crippen molar-refractivity contribution in [2.45, 2.75) is 44.6 Å². The molecule has 8 heteroatoms. The molecule has 8 nitrogen and oxygen atoms in total. The second kappa shape index (κ2) is 8.27. The number of carbonyl (C=O) groups excluding carboxylic acids is 1. The summed E-state index contributed by atoms with van der Waals surface area (Å²) in [5.74, 6) is 0.646. The number of rotatable bonds is 5. The minimum absolute atomic E-state index is 0.315. The van der Waals surface area contributed by atoms with Crippen molar-refractivity contribution in [1.82, 2.24) is 20.4 Å². The van der Waals surface area contributed by atoms with Crippen molar-refractivity contribution in [3.63, 3.8) is 0 Å². The molecule has 0 atom stereocenters. The number of aromatic nitrogens is 3. The van der Waals surface area contributed by atoms with Crippen LogP contribution in [0.1, 0.15) is 48.9 Å². The second-order valence-electron chi connectivity index (χ2n) is 6.14. The molecule has 3 rings (SSSR count). The van der Waals surface area contributed by atoms with Gasteiger partial charge in [-0.15, -0.1) is 0 Å². The van der Waals surface area contributed by atoms with Crippen LogP contribution < -0.4 is 21.9 Å². The number of amides is 1. The highest BCUT2D eigenvalue weighted by Crippen LogP contribution is 2.26. The van der Waals surface area contributed by atoms with Crippen LogP contribution in [-0.2, 0) is 0 Å². The molecule has 2 aromatic heterocycles. The Morgan fingerprint density at radius 2 is 1.88 bits per heavy atom. The molecule has 132 valence electrons. The van der Waals surface area contributed by atoms with Gasteiger partial charge in [0.05, 0.1) is 5.56 Å². The standard InChI is InChI=1S/C17H23N7O/c18-14-15(22-13-7-3-1-2-4-8-13)20-11-21-16(14)23-24-17(25)12-6-5-9-19-10-12/h5-6,9-11,13H,1-4,7-8,18H2,(H,24,25)(H2,20,21,22,23). The number of hydrazine groups is 1. The number of nitrogen functional groups attached to an aromatic ring is 1. The summed E-state index contributed by atoms with van der Waals surface area (Å²) in [6.45, 7) is 0. The van der Waals surface area contributed by atoms with Crippen LogP contribution in [0.15, 0.2) is 30.9 Å². The average molecular weight is 341 g/mol. The Labute approximate surface area is 146 Å². The maximum absolute atomic E-state index is 12.1. The fraction of sp³-hybridized carbons (Fsp3) is 0.412. The number of pyridine rings is 1. The van der Waals surface area contributed by atoms with Gasteiger partial charge >= 0.3 is 0 Å². The first-order valence-corrected chi connectivity index (χ1v) is 8.57. The number of nitrogens with zero attached hydrogens (tertiary/aromatic N) is 3. The SMILES string of the molecule is Nc1c(NNC(=O)c2cccnc2)ncnc1NC1CCCCCC1. The molecule has 0 aromatic carbocycles. The Morgan fingerprint density at radius 3 is 2.60 bits per heavy atom. The molecule has 0 unspecified atom stereocenters. The molecule has 1 aliphatic rings.